The molecule has 1 saturated carbocycles. The lowest BCUT2D eigenvalue weighted by Crippen LogP contribution is -2.66. The van der Waals surface area contributed by atoms with Gasteiger partial charge in [-0.3, -0.25) is 19.3 Å². The van der Waals surface area contributed by atoms with Gasteiger partial charge in [0.2, 0.25) is 5.43 Å². The number of ether oxygens (including phenoxy) is 2. The van der Waals surface area contributed by atoms with E-state index in [1.807, 2.05) is 23.2 Å². The highest BCUT2D eigenvalue weighted by Gasteiger charge is 2.55. The number of benzene rings is 2. The number of morpholine rings is 1. The maximum absolute atomic E-state index is 15.7. The molecule has 1 aliphatic carbocycles. The van der Waals surface area contributed by atoms with Crippen LogP contribution in [0.2, 0.25) is 0 Å². The number of aromatic nitrogens is 1. The van der Waals surface area contributed by atoms with E-state index in [1.165, 1.54) is 16.9 Å². The predicted molar refractivity (Wildman–Crippen MR) is 135 cm³/mol. The third-order valence-corrected chi connectivity index (χ3v) is 8.77. The second-order valence-corrected chi connectivity index (χ2v) is 10.8. The lowest BCUT2D eigenvalue weighted by molar-refractivity contribution is -0.0197. The summed E-state index contributed by atoms with van der Waals surface area (Å²) < 4.78 is 43.9. The van der Waals surface area contributed by atoms with Crippen LogP contribution in [-0.2, 0) is 11.3 Å². The van der Waals surface area contributed by atoms with Crippen LogP contribution in [0, 0.1) is 11.6 Å². The summed E-state index contributed by atoms with van der Waals surface area (Å²) in [5, 5.41) is 12.6. The number of amides is 1. The molecule has 1 saturated heterocycles. The molecule has 1 N–H and O–H groups in total. The Morgan fingerprint density at radius 2 is 1.90 bits per heavy atom. The van der Waals surface area contributed by atoms with Gasteiger partial charge >= 0.3 is 0 Å². The van der Waals surface area contributed by atoms with Gasteiger partial charge in [0, 0.05) is 36.5 Å². The van der Waals surface area contributed by atoms with Crippen LogP contribution in [0.5, 0.6) is 11.5 Å². The quantitative estimate of drug-likeness (QED) is 0.514. The highest BCUT2D eigenvalue weighted by atomic mass is 19.2. The number of hydrogen-bond acceptors (Lipinski definition) is 7. The normalized spacial score (nSPS) is 23.8. The fourth-order valence-corrected chi connectivity index (χ4v) is 6.66. The van der Waals surface area contributed by atoms with Crippen LogP contribution >= 0.6 is 0 Å². The Morgan fingerprint density at radius 3 is 2.72 bits per heavy atom. The number of hydrogen-bond donors (Lipinski definition) is 1. The third kappa shape index (κ3) is 2.96. The van der Waals surface area contributed by atoms with Crippen molar-refractivity contribution in [1.82, 2.24) is 9.58 Å². The first-order valence-electron chi connectivity index (χ1n) is 13.0. The Morgan fingerprint density at radius 1 is 1.05 bits per heavy atom. The van der Waals surface area contributed by atoms with Crippen LogP contribution < -0.4 is 20.1 Å². The number of aromatic hydroxyl groups is 1. The fraction of sp³-hybridized carbons (Fsp3) is 0.357. The van der Waals surface area contributed by atoms with E-state index in [0.29, 0.717) is 24.5 Å². The van der Waals surface area contributed by atoms with Crippen LogP contribution in [0.1, 0.15) is 46.1 Å². The number of para-hydroxylation sites is 1. The zero-order chi connectivity index (χ0) is 26.6. The van der Waals surface area contributed by atoms with E-state index >= 15 is 4.39 Å². The molecule has 0 bridgehead atoms. The van der Waals surface area contributed by atoms with Crippen molar-refractivity contribution in [2.45, 2.75) is 37.1 Å². The highest BCUT2D eigenvalue weighted by molar-refractivity contribution is 5.96. The zero-order valence-electron chi connectivity index (χ0n) is 20.8. The number of carbonyl (C=O) groups is 1. The number of nitrogens with zero attached hydrogens (tertiary/aromatic N) is 4. The molecule has 1 spiro atoms. The van der Waals surface area contributed by atoms with Crippen molar-refractivity contribution < 1.29 is 28.2 Å². The van der Waals surface area contributed by atoms with E-state index in [1.54, 1.807) is 11.0 Å². The Balaban J connectivity index is 1.45. The van der Waals surface area contributed by atoms with Crippen molar-refractivity contribution in [2.75, 3.05) is 36.3 Å². The molecular formula is C28H24F2N4O5. The molecule has 9 nitrogen and oxygen atoms in total. The van der Waals surface area contributed by atoms with Crippen LogP contribution in [-0.4, -0.2) is 58.7 Å². The van der Waals surface area contributed by atoms with Crippen LogP contribution in [0.25, 0.3) is 0 Å². The van der Waals surface area contributed by atoms with Crippen molar-refractivity contribution in [3.05, 3.63) is 86.8 Å². The molecular weight excluding hydrogens is 510 g/mol. The topological polar surface area (TPSA) is 87.5 Å². The van der Waals surface area contributed by atoms with Crippen LogP contribution in [0.3, 0.4) is 0 Å². The Hall–Kier alpha value is -4.12. The molecule has 1 aromatic heterocycles. The smallest absolute Gasteiger partial charge is 0.278 e. The summed E-state index contributed by atoms with van der Waals surface area (Å²) in [4.78, 5) is 29.7. The van der Waals surface area contributed by atoms with Crippen molar-refractivity contribution in [1.29, 1.82) is 0 Å². The lowest BCUT2D eigenvalue weighted by Gasteiger charge is -2.51. The molecule has 2 fully saturated rings. The molecule has 5 aliphatic rings. The average Bonchev–Trinajstić information content (AvgIpc) is 3.74. The Kier molecular flexibility index (Phi) is 4.52. The molecule has 3 aromatic rings. The molecule has 4 aliphatic heterocycles. The average molecular weight is 535 g/mol. The first kappa shape index (κ1) is 22.8. The van der Waals surface area contributed by atoms with Crippen LogP contribution in [0.15, 0.2) is 47.4 Å². The molecule has 1 amide bonds. The van der Waals surface area contributed by atoms with E-state index in [0.717, 1.165) is 30.2 Å². The number of halogens is 2. The molecule has 39 heavy (non-hydrogen) atoms. The van der Waals surface area contributed by atoms with Gasteiger partial charge in [-0.2, -0.15) is 0 Å². The van der Waals surface area contributed by atoms with Gasteiger partial charge in [-0.05, 0) is 30.5 Å². The van der Waals surface area contributed by atoms with Gasteiger partial charge in [0.1, 0.15) is 24.6 Å². The summed E-state index contributed by atoms with van der Waals surface area (Å²) in [7, 11) is 0. The summed E-state index contributed by atoms with van der Waals surface area (Å²) in [5.74, 6) is -2.35. The SMILES string of the molecule is O=C1c2c(O)c(=O)ccn2N(C2c3ccc(F)c(F)c3CN3c4c(cccc42)OCC32CC2)C2COCCN12. The second kappa shape index (κ2) is 7.72. The van der Waals surface area contributed by atoms with Gasteiger partial charge < -0.3 is 24.4 Å². The minimum Gasteiger partial charge on any atom is -0.502 e. The van der Waals surface area contributed by atoms with Gasteiger partial charge in [-0.15, -0.1) is 0 Å². The first-order chi connectivity index (χ1) is 18.9. The standard InChI is InChI=1S/C28H24F2N4O5/c29-18-5-4-15-17(22(18)30)12-32-24-16(2-1-3-20(24)39-14-28(32)7-8-28)23(15)34-21-13-38-11-10-31(21)27(37)25-26(36)19(35)6-9-33(25)34/h1-6,9,21,23,36H,7-8,10-14H2. The van der Waals surface area contributed by atoms with Crippen molar-refractivity contribution in [2.24, 2.45) is 0 Å². The van der Waals surface area contributed by atoms with E-state index in [4.69, 9.17) is 9.47 Å². The minimum absolute atomic E-state index is 0.146. The largest absolute Gasteiger partial charge is 0.502 e. The van der Waals surface area contributed by atoms with Gasteiger partial charge in [0.25, 0.3) is 5.91 Å². The number of rotatable bonds is 1. The summed E-state index contributed by atoms with van der Waals surface area (Å²) in [5.41, 5.74) is 1.18. The lowest BCUT2D eigenvalue weighted by atomic mass is 9.92. The van der Waals surface area contributed by atoms with Crippen molar-refractivity contribution in [3.8, 4) is 11.5 Å². The van der Waals surface area contributed by atoms with Crippen LogP contribution in [0.4, 0.5) is 14.5 Å². The van der Waals surface area contributed by atoms with E-state index in [-0.39, 0.29) is 36.5 Å². The maximum Gasteiger partial charge on any atom is 0.278 e. The molecule has 2 aromatic carbocycles. The molecule has 8 rings (SSSR count). The third-order valence-electron chi connectivity index (χ3n) is 8.77. The van der Waals surface area contributed by atoms with E-state index in [9.17, 15) is 19.1 Å². The molecule has 5 heterocycles. The summed E-state index contributed by atoms with van der Waals surface area (Å²) >= 11 is 0. The van der Waals surface area contributed by atoms with Crippen molar-refractivity contribution >= 4 is 11.6 Å². The summed E-state index contributed by atoms with van der Waals surface area (Å²) in [6.45, 7) is 1.29. The highest BCUT2D eigenvalue weighted by Crippen LogP contribution is 2.56. The zero-order valence-corrected chi connectivity index (χ0v) is 20.8. The minimum atomic E-state index is -0.935. The maximum atomic E-state index is 15.7. The molecule has 2 unspecified atom stereocenters. The van der Waals surface area contributed by atoms with Gasteiger partial charge in [0.05, 0.1) is 24.4 Å². The first-order valence-corrected chi connectivity index (χ1v) is 13.0. The number of pyridine rings is 1. The van der Waals surface area contributed by atoms with Gasteiger partial charge in [0.15, 0.2) is 23.1 Å². The molecule has 0 radical (unpaired) electrons. The number of carbonyl (C=O) groups excluding carboxylic acids is 1. The molecule has 11 heteroatoms. The predicted octanol–water partition coefficient (Wildman–Crippen LogP) is 2.62. The summed E-state index contributed by atoms with van der Waals surface area (Å²) in [6, 6.07) is 8.83. The molecule has 2 atom stereocenters. The van der Waals surface area contributed by atoms with Crippen molar-refractivity contribution in [3.63, 3.8) is 0 Å². The summed E-state index contributed by atoms with van der Waals surface area (Å²) in [6.07, 6.45) is 2.54. The second-order valence-electron chi connectivity index (χ2n) is 10.8. The number of fused-ring (bicyclic) bond motifs is 4. The Bertz CT molecular complexity index is 1640. The Labute approximate surface area is 221 Å². The number of anilines is 1. The van der Waals surface area contributed by atoms with E-state index < -0.39 is 40.9 Å². The van der Waals surface area contributed by atoms with Gasteiger partial charge in [-0.1, -0.05) is 18.2 Å². The fourth-order valence-electron chi connectivity index (χ4n) is 6.66. The van der Waals surface area contributed by atoms with E-state index in [2.05, 4.69) is 4.90 Å². The van der Waals surface area contributed by atoms with Gasteiger partial charge in [-0.25, -0.2) is 8.78 Å². The molecule has 200 valence electrons. The monoisotopic (exact) mass is 534 g/mol.